The molecule has 0 aromatic heterocycles. The van der Waals surface area contributed by atoms with Crippen LogP contribution in [0.4, 0.5) is 0 Å². The van der Waals surface area contributed by atoms with Gasteiger partial charge in [0.2, 0.25) is 0 Å². The van der Waals surface area contributed by atoms with E-state index >= 15 is 0 Å². The van der Waals surface area contributed by atoms with Gasteiger partial charge in [0.1, 0.15) is 24.7 Å². The Hall–Kier alpha value is -2.53. The fourth-order valence-electron chi connectivity index (χ4n) is 2.78. The summed E-state index contributed by atoms with van der Waals surface area (Å²) in [5, 5.41) is 17.2. The molecule has 34 heavy (non-hydrogen) atoms. The largest absolute Gasteiger partial charge is 0.491 e. The molecule has 9 heteroatoms. The van der Waals surface area contributed by atoms with Gasteiger partial charge in [-0.3, -0.25) is 4.79 Å². The Labute approximate surface area is 200 Å². The first-order valence-corrected chi connectivity index (χ1v) is 11.3. The summed E-state index contributed by atoms with van der Waals surface area (Å²) in [5.41, 5.74) is 1.13. The zero-order valence-corrected chi connectivity index (χ0v) is 19.4. The molecule has 0 spiro atoms. The van der Waals surface area contributed by atoms with Gasteiger partial charge in [0, 0.05) is 11.1 Å². The number of carbonyl (C=O) groups is 1. The minimum absolute atomic E-state index is 0.00214. The Morgan fingerprint density at radius 1 is 0.500 bits per heavy atom. The molecule has 0 saturated carbocycles. The third-order valence-corrected chi connectivity index (χ3v) is 4.44. The summed E-state index contributed by atoms with van der Waals surface area (Å²) in [5.74, 6) is 1.22. The SMILES string of the molecule is O=C(c1ccc(OCCOCCOCCO)cc1)c1ccc(OCCOCCOCCO)cc1. The van der Waals surface area contributed by atoms with Crippen LogP contribution >= 0.6 is 0 Å². The highest BCUT2D eigenvalue weighted by Gasteiger charge is 2.09. The topological polar surface area (TPSA) is 113 Å². The lowest BCUT2D eigenvalue weighted by Crippen LogP contribution is -2.12. The molecule has 2 aromatic rings. The predicted molar refractivity (Wildman–Crippen MR) is 125 cm³/mol. The molecule has 0 radical (unpaired) electrons. The molecule has 0 bridgehead atoms. The van der Waals surface area contributed by atoms with Crippen molar-refractivity contribution in [2.75, 3.05) is 79.3 Å². The summed E-state index contributed by atoms with van der Waals surface area (Å²) in [6.45, 7) is 3.98. The zero-order chi connectivity index (χ0) is 24.3. The van der Waals surface area contributed by atoms with Crippen LogP contribution in [0.5, 0.6) is 11.5 Å². The summed E-state index contributed by atoms with van der Waals surface area (Å²) >= 11 is 0. The van der Waals surface area contributed by atoms with Crippen molar-refractivity contribution in [3.8, 4) is 11.5 Å². The van der Waals surface area contributed by atoms with E-state index in [1.165, 1.54) is 0 Å². The number of hydrogen-bond donors (Lipinski definition) is 2. The zero-order valence-electron chi connectivity index (χ0n) is 19.4. The van der Waals surface area contributed by atoms with E-state index in [9.17, 15) is 4.79 Å². The van der Waals surface area contributed by atoms with Crippen molar-refractivity contribution in [1.82, 2.24) is 0 Å². The van der Waals surface area contributed by atoms with E-state index in [4.69, 9.17) is 38.6 Å². The summed E-state index contributed by atoms with van der Waals surface area (Å²) in [4.78, 5) is 12.7. The fourth-order valence-corrected chi connectivity index (χ4v) is 2.78. The molecule has 9 nitrogen and oxygen atoms in total. The highest BCUT2D eigenvalue weighted by Crippen LogP contribution is 2.18. The highest BCUT2D eigenvalue weighted by molar-refractivity contribution is 6.09. The van der Waals surface area contributed by atoms with Gasteiger partial charge in [0.25, 0.3) is 0 Å². The smallest absolute Gasteiger partial charge is 0.193 e. The molecule has 2 aromatic carbocycles. The minimum Gasteiger partial charge on any atom is -0.491 e. The number of aliphatic hydroxyl groups excluding tert-OH is 2. The second kappa shape index (κ2) is 17.9. The third kappa shape index (κ3) is 11.6. The average molecular weight is 479 g/mol. The van der Waals surface area contributed by atoms with Gasteiger partial charge in [0.05, 0.1) is 66.1 Å². The molecule has 0 aliphatic carbocycles. The summed E-state index contributed by atoms with van der Waals surface area (Å²) in [6.07, 6.45) is 0. The quantitative estimate of drug-likeness (QED) is 0.217. The maximum Gasteiger partial charge on any atom is 0.193 e. The number of hydrogen-bond acceptors (Lipinski definition) is 9. The summed E-state index contributed by atoms with van der Waals surface area (Å²) < 4.78 is 32.2. The van der Waals surface area contributed by atoms with Gasteiger partial charge in [-0.05, 0) is 48.5 Å². The monoisotopic (exact) mass is 478 g/mol. The van der Waals surface area contributed by atoms with Crippen LogP contribution in [0.25, 0.3) is 0 Å². The number of ether oxygens (including phenoxy) is 6. The van der Waals surface area contributed by atoms with Gasteiger partial charge >= 0.3 is 0 Å². The van der Waals surface area contributed by atoms with Gasteiger partial charge in [0.15, 0.2) is 5.78 Å². The Kier molecular flexibility index (Phi) is 14.6. The maximum absolute atomic E-state index is 12.7. The van der Waals surface area contributed by atoms with E-state index in [1.807, 2.05) is 0 Å². The Balaban J connectivity index is 1.65. The molecule has 2 N–H and O–H groups in total. The molecule has 188 valence electrons. The van der Waals surface area contributed by atoms with Gasteiger partial charge in [-0.25, -0.2) is 0 Å². The maximum atomic E-state index is 12.7. The van der Waals surface area contributed by atoms with Crippen LogP contribution in [0.1, 0.15) is 15.9 Å². The lowest BCUT2D eigenvalue weighted by Gasteiger charge is -2.09. The third-order valence-electron chi connectivity index (χ3n) is 4.44. The second-order valence-electron chi connectivity index (χ2n) is 6.97. The first-order chi connectivity index (χ1) is 16.7. The van der Waals surface area contributed by atoms with E-state index < -0.39 is 0 Å². The molecular formula is C25H34O9. The lowest BCUT2D eigenvalue weighted by atomic mass is 10.0. The van der Waals surface area contributed by atoms with Crippen molar-refractivity contribution in [1.29, 1.82) is 0 Å². The Morgan fingerprint density at radius 3 is 1.18 bits per heavy atom. The highest BCUT2D eigenvalue weighted by atomic mass is 16.6. The van der Waals surface area contributed by atoms with Gasteiger partial charge in [-0.15, -0.1) is 0 Å². The fraction of sp³-hybridized carbons (Fsp3) is 0.480. The number of rotatable bonds is 20. The van der Waals surface area contributed by atoms with Crippen LogP contribution in [0.15, 0.2) is 48.5 Å². The number of carbonyl (C=O) groups excluding carboxylic acids is 1. The van der Waals surface area contributed by atoms with Crippen LogP contribution in [0.3, 0.4) is 0 Å². The van der Waals surface area contributed by atoms with Crippen LogP contribution in [-0.2, 0) is 18.9 Å². The minimum atomic E-state index is -0.0875. The molecule has 0 amide bonds. The van der Waals surface area contributed by atoms with Gasteiger partial charge in [-0.1, -0.05) is 0 Å². The lowest BCUT2D eigenvalue weighted by molar-refractivity contribution is 0.0247. The second-order valence-corrected chi connectivity index (χ2v) is 6.97. The van der Waals surface area contributed by atoms with Gasteiger partial charge in [-0.2, -0.15) is 0 Å². The molecule has 0 atom stereocenters. The summed E-state index contributed by atoms with van der Waals surface area (Å²) in [7, 11) is 0. The van der Waals surface area contributed by atoms with Crippen LogP contribution in [-0.4, -0.2) is 95.3 Å². The van der Waals surface area contributed by atoms with Crippen LogP contribution in [0.2, 0.25) is 0 Å². The molecule has 0 unspecified atom stereocenters. The molecular weight excluding hydrogens is 444 g/mol. The number of benzene rings is 2. The van der Waals surface area contributed by atoms with Gasteiger partial charge < -0.3 is 38.6 Å². The van der Waals surface area contributed by atoms with Crippen molar-refractivity contribution in [3.63, 3.8) is 0 Å². The molecule has 0 aliphatic rings. The first-order valence-electron chi connectivity index (χ1n) is 11.3. The van der Waals surface area contributed by atoms with Crippen molar-refractivity contribution >= 4 is 5.78 Å². The van der Waals surface area contributed by atoms with E-state index in [-0.39, 0.29) is 19.0 Å². The van der Waals surface area contributed by atoms with Crippen LogP contribution < -0.4 is 9.47 Å². The van der Waals surface area contributed by atoms with E-state index in [0.717, 1.165) is 0 Å². The number of ketones is 1. The molecule has 2 rings (SSSR count). The van der Waals surface area contributed by atoms with Crippen molar-refractivity contribution in [2.24, 2.45) is 0 Å². The van der Waals surface area contributed by atoms with Crippen LogP contribution in [0, 0.1) is 0 Å². The average Bonchev–Trinajstić information content (AvgIpc) is 2.87. The normalized spacial score (nSPS) is 10.9. The molecule has 0 saturated heterocycles. The predicted octanol–water partition coefficient (Wildman–Crippen LogP) is 1.73. The molecule has 0 heterocycles. The van der Waals surface area contributed by atoms with E-state index in [1.54, 1.807) is 48.5 Å². The molecule has 0 aliphatic heterocycles. The first kappa shape index (κ1) is 27.7. The van der Waals surface area contributed by atoms with Crippen molar-refractivity contribution in [2.45, 2.75) is 0 Å². The Morgan fingerprint density at radius 2 is 0.824 bits per heavy atom. The Bertz CT molecular complexity index is 712. The standard InChI is InChI=1S/C25H34O9/c26-9-11-29-13-15-31-17-19-33-23-5-1-21(2-6-23)25(28)22-3-7-24(8-4-22)34-20-18-32-16-14-30-12-10-27/h1-8,26-27H,9-20H2. The summed E-state index contributed by atoms with van der Waals surface area (Å²) in [6, 6.07) is 13.9. The number of aliphatic hydroxyl groups is 2. The van der Waals surface area contributed by atoms with E-state index in [2.05, 4.69) is 0 Å². The van der Waals surface area contributed by atoms with Crippen molar-refractivity contribution in [3.05, 3.63) is 59.7 Å². The van der Waals surface area contributed by atoms with E-state index in [0.29, 0.717) is 88.7 Å². The van der Waals surface area contributed by atoms with Crippen molar-refractivity contribution < 1.29 is 43.4 Å². The molecule has 0 fully saturated rings.